The quantitative estimate of drug-likeness (QED) is 0.865. The zero-order chi connectivity index (χ0) is 11.8. The smallest absolute Gasteiger partial charge is 0.120 e. The Morgan fingerprint density at radius 3 is 2.27 bits per heavy atom. The molecule has 0 heterocycles. The average molecular weight is 272 g/mol. The summed E-state index contributed by atoms with van der Waals surface area (Å²) < 4.78 is 1.00. The van der Waals surface area contributed by atoms with Crippen molar-refractivity contribution in [2.24, 2.45) is 5.73 Å². The van der Waals surface area contributed by atoms with E-state index in [1.54, 1.807) is 6.07 Å². The molecule has 0 aromatic heterocycles. The minimum atomic E-state index is -0.526. The third-order valence-corrected chi connectivity index (χ3v) is 3.12. The molecule has 2 nitrogen and oxygen atoms in total. The molecule has 1 rings (SSSR count). The lowest BCUT2D eigenvalue weighted by molar-refractivity contribution is 0.439. The van der Waals surface area contributed by atoms with Crippen LogP contribution in [0.1, 0.15) is 44.7 Å². The molecule has 1 aromatic rings. The highest BCUT2D eigenvalue weighted by Crippen LogP contribution is 2.35. The Morgan fingerprint density at radius 1 is 1.33 bits per heavy atom. The van der Waals surface area contributed by atoms with E-state index < -0.39 is 5.54 Å². The van der Waals surface area contributed by atoms with Gasteiger partial charge in [0, 0.05) is 15.6 Å². The van der Waals surface area contributed by atoms with E-state index in [1.165, 1.54) is 0 Å². The first-order valence-corrected chi connectivity index (χ1v) is 5.84. The molecule has 84 valence electrons. The number of phenolic OH excluding ortho intramolecular Hbond substituents is 1. The Hall–Kier alpha value is -0.540. The molecule has 0 bridgehead atoms. The van der Waals surface area contributed by atoms with E-state index in [0.29, 0.717) is 5.92 Å². The molecule has 0 radical (unpaired) electrons. The number of rotatable bonds is 2. The molecule has 0 unspecified atom stereocenters. The zero-order valence-electron chi connectivity index (χ0n) is 9.63. The van der Waals surface area contributed by atoms with Crippen LogP contribution in [-0.2, 0) is 5.54 Å². The van der Waals surface area contributed by atoms with Gasteiger partial charge in [-0.2, -0.15) is 0 Å². The second kappa shape index (κ2) is 4.14. The van der Waals surface area contributed by atoms with Crippen LogP contribution in [0.4, 0.5) is 0 Å². The molecular weight excluding hydrogens is 254 g/mol. The van der Waals surface area contributed by atoms with E-state index in [2.05, 4.69) is 29.8 Å². The molecule has 3 N–H and O–H groups in total. The van der Waals surface area contributed by atoms with Gasteiger partial charge >= 0.3 is 0 Å². The molecule has 0 aliphatic rings. The first-order valence-electron chi connectivity index (χ1n) is 5.05. The third-order valence-electron chi connectivity index (χ3n) is 2.43. The molecule has 0 spiro atoms. The van der Waals surface area contributed by atoms with Crippen LogP contribution in [0.15, 0.2) is 16.6 Å². The standard InChI is InChI=1S/C12H18BrNO/c1-7(2)8-5-11(15)9(6-10(8)13)12(3,4)14/h5-7,15H,14H2,1-4H3. The number of hydrogen-bond donors (Lipinski definition) is 2. The molecule has 0 atom stereocenters. The van der Waals surface area contributed by atoms with Gasteiger partial charge in [-0.15, -0.1) is 0 Å². The summed E-state index contributed by atoms with van der Waals surface area (Å²) in [6.45, 7) is 7.94. The van der Waals surface area contributed by atoms with Crippen molar-refractivity contribution in [2.45, 2.75) is 39.2 Å². The molecule has 1 aromatic carbocycles. The number of benzene rings is 1. The first-order chi connectivity index (χ1) is 6.73. The minimum absolute atomic E-state index is 0.273. The lowest BCUT2D eigenvalue weighted by Crippen LogP contribution is -2.28. The Bertz CT molecular complexity index is 367. The van der Waals surface area contributed by atoms with Crippen molar-refractivity contribution in [1.29, 1.82) is 0 Å². The normalized spacial score (nSPS) is 12.2. The molecule has 15 heavy (non-hydrogen) atoms. The summed E-state index contributed by atoms with van der Waals surface area (Å²) in [7, 11) is 0. The summed E-state index contributed by atoms with van der Waals surface area (Å²) in [6.07, 6.45) is 0. The first kappa shape index (κ1) is 12.5. The molecule has 0 aliphatic carbocycles. The van der Waals surface area contributed by atoms with Crippen molar-refractivity contribution < 1.29 is 5.11 Å². The molecule has 0 saturated carbocycles. The van der Waals surface area contributed by atoms with Crippen molar-refractivity contribution in [3.8, 4) is 5.75 Å². The van der Waals surface area contributed by atoms with Gasteiger partial charge in [0.05, 0.1) is 0 Å². The van der Waals surface area contributed by atoms with Gasteiger partial charge < -0.3 is 10.8 Å². The molecular formula is C12H18BrNO. The highest BCUT2D eigenvalue weighted by Gasteiger charge is 2.20. The van der Waals surface area contributed by atoms with Crippen LogP contribution in [0.2, 0.25) is 0 Å². The van der Waals surface area contributed by atoms with Crippen molar-refractivity contribution in [2.75, 3.05) is 0 Å². The van der Waals surface area contributed by atoms with Crippen molar-refractivity contribution in [1.82, 2.24) is 0 Å². The average Bonchev–Trinajstić information content (AvgIpc) is 2.06. The summed E-state index contributed by atoms with van der Waals surface area (Å²) >= 11 is 3.51. The van der Waals surface area contributed by atoms with E-state index in [9.17, 15) is 5.11 Å². The number of hydrogen-bond acceptors (Lipinski definition) is 2. The van der Waals surface area contributed by atoms with Gasteiger partial charge in [-0.05, 0) is 37.5 Å². The molecule has 0 saturated heterocycles. The van der Waals surface area contributed by atoms with E-state index in [0.717, 1.165) is 15.6 Å². The van der Waals surface area contributed by atoms with E-state index >= 15 is 0 Å². The van der Waals surface area contributed by atoms with Crippen LogP contribution < -0.4 is 5.73 Å². The van der Waals surface area contributed by atoms with Crippen molar-refractivity contribution in [3.63, 3.8) is 0 Å². The second-order valence-electron chi connectivity index (χ2n) is 4.77. The monoisotopic (exact) mass is 271 g/mol. The Labute approximate surface area is 99.6 Å². The van der Waals surface area contributed by atoms with E-state index in [1.807, 2.05) is 19.9 Å². The van der Waals surface area contributed by atoms with Crippen LogP contribution in [0.25, 0.3) is 0 Å². The van der Waals surface area contributed by atoms with Crippen LogP contribution in [0.3, 0.4) is 0 Å². The predicted molar refractivity (Wildman–Crippen MR) is 67.1 cm³/mol. The lowest BCUT2D eigenvalue weighted by Gasteiger charge is -2.22. The van der Waals surface area contributed by atoms with Crippen LogP contribution in [-0.4, -0.2) is 5.11 Å². The SMILES string of the molecule is CC(C)c1cc(O)c(C(C)(C)N)cc1Br. The minimum Gasteiger partial charge on any atom is -0.508 e. The van der Waals surface area contributed by atoms with Crippen LogP contribution >= 0.6 is 15.9 Å². The summed E-state index contributed by atoms with van der Waals surface area (Å²) in [4.78, 5) is 0. The fraction of sp³-hybridized carbons (Fsp3) is 0.500. The van der Waals surface area contributed by atoms with Crippen LogP contribution in [0.5, 0.6) is 5.75 Å². The second-order valence-corrected chi connectivity index (χ2v) is 5.62. The maximum atomic E-state index is 9.90. The van der Waals surface area contributed by atoms with Gasteiger partial charge in [-0.25, -0.2) is 0 Å². The van der Waals surface area contributed by atoms with Gasteiger partial charge in [0.15, 0.2) is 0 Å². The number of aromatic hydroxyl groups is 1. The van der Waals surface area contributed by atoms with Gasteiger partial charge in [0.25, 0.3) is 0 Å². The Kier molecular flexibility index (Phi) is 3.46. The topological polar surface area (TPSA) is 46.2 Å². The van der Waals surface area contributed by atoms with Gasteiger partial charge in [-0.3, -0.25) is 0 Å². The molecule has 0 amide bonds. The molecule has 0 aliphatic heterocycles. The summed E-state index contributed by atoms with van der Waals surface area (Å²) in [5.41, 5.74) is 7.31. The summed E-state index contributed by atoms with van der Waals surface area (Å²) in [5.74, 6) is 0.648. The van der Waals surface area contributed by atoms with Gasteiger partial charge in [0.1, 0.15) is 5.75 Å². The fourth-order valence-electron chi connectivity index (χ4n) is 1.54. The van der Waals surface area contributed by atoms with Crippen LogP contribution in [0, 0.1) is 0 Å². The predicted octanol–water partition coefficient (Wildman–Crippen LogP) is 3.47. The third kappa shape index (κ3) is 2.73. The number of halogens is 1. The maximum absolute atomic E-state index is 9.90. The largest absolute Gasteiger partial charge is 0.508 e. The highest BCUT2D eigenvalue weighted by atomic mass is 79.9. The molecule has 3 heteroatoms. The zero-order valence-corrected chi connectivity index (χ0v) is 11.2. The van der Waals surface area contributed by atoms with Gasteiger partial charge in [-0.1, -0.05) is 29.8 Å². The van der Waals surface area contributed by atoms with E-state index in [4.69, 9.17) is 5.73 Å². The van der Waals surface area contributed by atoms with Crippen molar-refractivity contribution >= 4 is 15.9 Å². The number of nitrogens with two attached hydrogens (primary N) is 1. The summed E-state index contributed by atoms with van der Waals surface area (Å²) in [5, 5.41) is 9.90. The van der Waals surface area contributed by atoms with Gasteiger partial charge in [0.2, 0.25) is 0 Å². The summed E-state index contributed by atoms with van der Waals surface area (Å²) in [6, 6.07) is 3.70. The fourth-order valence-corrected chi connectivity index (χ4v) is 2.34. The Balaban J connectivity index is 3.32. The number of phenols is 1. The maximum Gasteiger partial charge on any atom is 0.120 e. The molecule has 0 fully saturated rings. The Morgan fingerprint density at radius 2 is 1.87 bits per heavy atom. The lowest BCUT2D eigenvalue weighted by atomic mass is 9.91. The van der Waals surface area contributed by atoms with E-state index in [-0.39, 0.29) is 5.75 Å². The highest BCUT2D eigenvalue weighted by molar-refractivity contribution is 9.10. The van der Waals surface area contributed by atoms with Crippen molar-refractivity contribution in [3.05, 3.63) is 27.7 Å².